The molecule has 0 bridgehead atoms. The number of rotatable bonds is 8. The van der Waals surface area contributed by atoms with Crippen LogP contribution in [0.5, 0.6) is 0 Å². The summed E-state index contributed by atoms with van der Waals surface area (Å²) < 4.78 is 56.7. The number of hydrogen-bond acceptors (Lipinski definition) is 7. The third-order valence-electron chi connectivity index (χ3n) is 6.68. The van der Waals surface area contributed by atoms with Gasteiger partial charge >= 0.3 is 5.97 Å². The van der Waals surface area contributed by atoms with Crippen LogP contribution in [-0.4, -0.2) is 75.2 Å². The topological polar surface area (TPSA) is 118 Å². The summed E-state index contributed by atoms with van der Waals surface area (Å²) in [5.41, 5.74) is 2.24. The third kappa shape index (κ3) is 6.39. The fraction of sp³-hybridized carbons (Fsp3) is 0.462. The average Bonchev–Trinajstić information content (AvgIpc) is 3.24. The van der Waals surface area contributed by atoms with Crippen molar-refractivity contribution in [3.05, 3.63) is 65.2 Å². The highest BCUT2D eigenvalue weighted by atomic mass is 32.2. The normalized spacial score (nSPS) is 19.4. The largest absolute Gasteiger partial charge is 0.452 e. The van der Waals surface area contributed by atoms with Gasteiger partial charge in [0.2, 0.25) is 10.0 Å². The Labute approximate surface area is 218 Å². The van der Waals surface area contributed by atoms with Gasteiger partial charge in [-0.3, -0.25) is 4.79 Å². The summed E-state index contributed by atoms with van der Waals surface area (Å²) in [5, 5.41) is 0. The lowest BCUT2D eigenvalue weighted by atomic mass is 10.0. The zero-order chi connectivity index (χ0) is 26.8. The molecule has 0 aromatic heterocycles. The minimum atomic E-state index is -3.74. The van der Waals surface area contributed by atoms with E-state index in [0.717, 1.165) is 11.1 Å². The van der Waals surface area contributed by atoms with E-state index in [0.29, 0.717) is 32.5 Å². The maximum Gasteiger partial charge on any atom is 0.338 e. The molecule has 0 aliphatic carbocycles. The molecule has 2 aliphatic heterocycles. The monoisotopic (exact) mass is 548 g/mol. The SMILES string of the molecule is CC(C)CN(C(=O)COC(=O)c1ccc(S(=O)(=O)N2CCc3ccccc3C2)cc1)C1CCS(=O)(=O)C1. The van der Waals surface area contributed by atoms with Crippen molar-refractivity contribution < 1.29 is 31.2 Å². The number of sulfone groups is 1. The Hall–Kier alpha value is -2.76. The molecular formula is C26H32N2O7S2. The Morgan fingerprint density at radius 1 is 1.08 bits per heavy atom. The lowest BCUT2D eigenvalue weighted by molar-refractivity contribution is -0.137. The first-order chi connectivity index (χ1) is 17.5. The molecule has 2 heterocycles. The van der Waals surface area contributed by atoms with Crippen molar-refractivity contribution in [3.63, 3.8) is 0 Å². The summed E-state index contributed by atoms with van der Waals surface area (Å²) in [7, 11) is -6.92. The summed E-state index contributed by atoms with van der Waals surface area (Å²) in [6.07, 6.45) is 1.00. The van der Waals surface area contributed by atoms with Crippen LogP contribution in [0.1, 0.15) is 41.8 Å². The Balaban J connectivity index is 1.38. The predicted octanol–water partition coefficient (Wildman–Crippen LogP) is 2.26. The lowest BCUT2D eigenvalue weighted by Gasteiger charge is -2.29. The van der Waals surface area contributed by atoms with Crippen LogP contribution in [0.2, 0.25) is 0 Å². The van der Waals surface area contributed by atoms with E-state index in [1.807, 2.05) is 38.1 Å². The molecule has 2 aromatic rings. The highest BCUT2D eigenvalue weighted by Crippen LogP contribution is 2.25. The second-order valence-corrected chi connectivity index (χ2v) is 14.1. The molecular weight excluding hydrogens is 516 g/mol. The van der Waals surface area contributed by atoms with Crippen LogP contribution in [0.3, 0.4) is 0 Å². The molecule has 0 saturated carbocycles. The molecule has 2 aromatic carbocycles. The van der Waals surface area contributed by atoms with Crippen molar-refractivity contribution >= 4 is 31.7 Å². The molecule has 1 amide bonds. The number of esters is 1. The molecule has 9 nitrogen and oxygen atoms in total. The molecule has 1 fully saturated rings. The Bertz CT molecular complexity index is 1370. The molecule has 0 radical (unpaired) electrons. The third-order valence-corrected chi connectivity index (χ3v) is 10.3. The van der Waals surface area contributed by atoms with Crippen LogP contribution in [-0.2, 0) is 42.4 Å². The van der Waals surface area contributed by atoms with E-state index in [4.69, 9.17) is 4.74 Å². The summed E-state index contributed by atoms with van der Waals surface area (Å²) in [6, 6.07) is 12.8. The van der Waals surface area contributed by atoms with Gasteiger partial charge < -0.3 is 9.64 Å². The second kappa shape index (κ2) is 10.9. The van der Waals surface area contributed by atoms with Gasteiger partial charge in [0.25, 0.3) is 5.91 Å². The molecule has 4 rings (SSSR count). The summed E-state index contributed by atoms with van der Waals surface area (Å²) in [6.45, 7) is 4.36. The zero-order valence-electron chi connectivity index (χ0n) is 21.0. The van der Waals surface area contributed by atoms with Gasteiger partial charge in [0.1, 0.15) is 0 Å². The standard InChI is InChI=1S/C26H32N2O7S2/c1-19(2)15-28(23-12-14-36(31,32)18-23)25(29)17-35-26(30)21-7-9-24(10-8-21)37(33,34)27-13-11-20-5-3-4-6-22(20)16-27/h3-10,19,23H,11-18H2,1-2H3. The van der Waals surface area contributed by atoms with Crippen LogP contribution in [0, 0.1) is 5.92 Å². The lowest BCUT2D eigenvalue weighted by Crippen LogP contribution is -2.45. The van der Waals surface area contributed by atoms with Gasteiger partial charge in [-0.15, -0.1) is 0 Å². The molecule has 37 heavy (non-hydrogen) atoms. The van der Waals surface area contributed by atoms with E-state index in [-0.39, 0.29) is 27.9 Å². The van der Waals surface area contributed by atoms with Gasteiger partial charge in [-0.2, -0.15) is 4.31 Å². The number of nitrogens with zero attached hydrogens (tertiary/aromatic N) is 2. The number of carbonyl (C=O) groups excluding carboxylic acids is 2. The van der Waals surface area contributed by atoms with Crippen molar-refractivity contribution in [2.45, 2.75) is 44.2 Å². The van der Waals surface area contributed by atoms with Gasteiger partial charge in [-0.05, 0) is 54.2 Å². The molecule has 0 N–H and O–H groups in total. The van der Waals surface area contributed by atoms with Crippen LogP contribution < -0.4 is 0 Å². The Kier molecular flexibility index (Phi) is 8.05. The zero-order valence-corrected chi connectivity index (χ0v) is 22.6. The van der Waals surface area contributed by atoms with E-state index in [2.05, 4.69) is 0 Å². The van der Waals surface area contributed by atoms with Crippen LogP contribution in [0.25, 0.3) is 0 Å². The average molecular weight is 549 g/mol. The predicted molar refractivity (Wildman–Crippen MR) is 138 cm³/mol. The van der Waals surface area contributed by atoms with Crippen molar-refractivity contribution in [2.75, 3.05) is 31.2 Å². The minimum absolute atomic E-state index is 0.0402. The number of hydrogen-bond donors (Lipinski definition) is 0. The van der Waals surface area contributed by atoms with E-state index in [1.165, 1.54) is 33.5 Å². The quantitative estimate of drug-likeness (QED) is 0.465. The van der Waals surface area contributed by atoms with Gasteiger partial charge in [0.15, 0.2) is 16.4 Å². The first-order valence-electron chi connectivity index (χ1n) is 12.3. The maximum absolute atomic E-state index is 13.1. The number of ether oxygens (including phenoxy) is 1. The highest BCUT2D eigenvalue weighted by molar-refractivity contribution is 7.91. The van der Waals surface area contributed by atoms with Gasteiger partial charge in [-0.1, -0.05) is 38.1 Å². The second-order valence-electron chi connectivity index (χ2n) is 9.95. The molecule has 11 heteroatoms. The van der Waals surface area contributed by atoms with Gasteiger partial charge in [0, 0.05) is 25.7 Å². The minimum Gasteiger partial charge on any atom is -0.452 e. The fourth-order valence-electron chi connectivity index (χ4n) is 4.75. The number of benzene rings is 2. The molecule has 1 saturated heterocycles. The van der Waals surface area contributed by atoms with Crippen molar-refractivity contribution in [2.24, 2.45) is 5.92 Å². The number of fused-ring (bicyclic) bond motifs is 1. The van der Waals surface area contributed by atoms with E-state index in [9.17, 15) is 26.4 Å². The Morgan fingerprint density at radius 3 is 2.38 bits per heavy atom. The first kappa shape index (κ1) is 27.3. The summed E-state index contributed by atoms with van der Waals surface area (Å²) in [4.78, 5) is 27.0. The summed E-state index contributed by atoms with van der Waals surface area (Å²) in [5.74, 6) is -1.14. The number of amides is 1. The van der Waals surface area contributed by atoms with Crippen molar-refractivity contribution in [1.82, 2.24) is 9.21 Å². The molecule has 0 spiro atoms. The number of carbonyl (C=O) groups is 2. The summed E-state index contributed by atoms with van der Waals surface area (Å²) >= 11 is 0. The van der Waals surface area contributed by atoms with Crippen molar-refractivity contribution in [3.8, 4) is 0 Å². The maximum atomic E-state index is 13.1. The van der Waals surface area contributed by atoms with E-state index in [1.54, 1.807) is 0 Å². The number of sulfonamides is 1. The molecule has 1 atom stereocenters. The molecule has 1 unspecified atom stereocenters. The Morgan fingerprint density at radius 2 is 1.76 bits per heavy atom. The van der Waals surface area contributed by atoms with Crippen molar-refractivity contribution in [1.29, 1.82) is 0 Å². The fourth-order valence-corrected chi connectivity index (χ4v) is 7.90. The van der Waals surface area contributed by atoms with Gasteiger partial charge in [-0.25, -0.2) is 21.6 Å². The van der Waals surface area contributed by atoms with E-state index < -0.39 is 44.4 Å². The molecule has 2 aliphatic rings. The molecule has 200 valence electrons. The van der Waals surface area contributed by atoms with Gasteiger partial charge in [0.05, 0.1) is 22.0 Å². The van der Waals surface area contributed by atoms with Crippen LogP contribution in [0.4, 0.5) is 0 Å². The van der Waals surface area contributed by atoms with E-state index >= 15 is 0 Å². The van der Waals surface area contributed by atoms with Crippen LogP contribution >= 0.6 is 0 Å². The smallest absolute Gasteiger partial charge is 0.338 e. The van der Waals surface area contributed by atoms with Crippen LogP contribution in [0.15, 0.2) is 53.4 Å². The highest BCUT2D eigenvalue weighted by Gasteiger charge is 2.35. The first-order valence-corrected chi connectivity index (χ1v) is 15.6.